The highest BCUT2D eigenvalue weighted by Crippen LogP contribution is 2.47. The molecule has 4 heterocycles. The molecule has 0 aromatic heterocycles. The van der Waals surface area contributed by atoms with Crippen molar-refractivity contribution in [3.05, 3.63) is 70.3 Å². The number of rotatable bonds is 6. The van der Waals surface area contributed by atoms with Crippen molar-refractivity contribution >= 4 is 35.1 Å². The van der Waals surface area contributed by atoms with Crippen LogP contribution in [0.4, 0.5) is 5.69 Å². The second kappa shape index (κ2) is 21.4. The number of benzene rings is 2. The predicted octanol–water partition coefficient (Wildman–Crippen LogP) is 8.01. The van der Waals surface area contributed by atoms with E-state index < -0.39 is 0 Å². The minimum Gasteiger partial charge on any atom is -0.491 e. The summed E-state index contributed by atoms with van der Waals surface area (Å²) in [5.74, 6) is 2.08. The lowest BCUT2D eigenvalue weighted by atomic mass is 9.64. The fourth-order valence-corrected chi connectivity index (χ4v) is 9.74. The first-order chi connectivity index (χ1) is 26.7. The van der Waals surface area contributed by atoms with Gasteiger partial charge in [0.1, 0.15) is 5.75 Å². The van der Waals surface area contributed by atoms with Crippen molar-refractivity contribution in [1.29, 1.82) is 0 Å². The van der Waals surface area contributed by atoms with E-state index in [1.165, 1.54) is 29.6 Å². The lowest BCUT2D eigenvalue weighted by Gasteiger charge is -2.48. The maximum atomic E-state index is 13.4. The number of nitrogens with one attached hydrogen (secondary N) is 2. The summed E-state index contributed by atoms with van der Waals surface area (Å²) in [4.78, 5) is 18.4. The number of methoxy groups -OCH3 is 2. The first-order valence-electron chi connectivity index (χ1n) is 20.7. The van der Waals surface area contributed by atoms with Gasteiger partial charge in [-0.1, -0.05) is 63.9 Å². The summed E-state index contributed by atoms with van der Waals surface area (Å²) in [6.45, 7) is 19.9. The lowest BCUT2D eigenvalue weighted by Crippen LogP contribution is -2.56. The van der Waals surface area contributed by atoms with Crippen molar-refractivity contribution in [2.45, 2.75) is 89.5 Å². The van der Waals surface area contributed by atoms with Gasteiger partial charge >= 0.3 is 0 Å². The summed E-state index contributed by atoms with van der Waals surface area (Å²) < 4.78 is 26.8. The van der Waals surface area contributed by atoms with Crippen molar-refractivity contribution in [2.24, 2.45) is 17.8 Å². The Hall–Kier alpha value is -2.31. The number of amides is 1. The van der Waals surface area contributed by atoms with Crippen LogP contribution in [0.1, 0.15) is 87.7 Å². The number of nitrogens with zero attached hydrogens (tertiary/aromatic N) is 2. The largest absolute Gasteiger partial charge is 0.491 e. The molecule has 0 radical (unpaired) electrons. The van der Waals surface area contributed by atoms with Crippen LogP contribution >= 0.6 is 23.5 Å². The van der Waals surface area contributed by atoms with E-state index in [4.69, 9.17) is 30.5 Å². The number of hydrogen-bond acceptors (Lipinski definition) is 9. The van der Waals surface area contributed by atoms with Gasteiger partial charge in [0.05, 0.1) is 43.0 Å². The number of ether oxygens (including phenoxy) is 4. The molecule has 2 aromatic carbocycles. The summed E-state index contributed by atoms with van der Waals surface area (Å²) in [5.41, 5.74) is 3.88. The number of aryl methyl sites for hydroxylation is 1. The molecular weight excluding hydrogens is 732 g/mol. The highest BCUT2D eigenvalue weighted by atomic mass is 35.5. The van der Waals surface area contributed by atoms with E-state index in [-0.39, 0.29) is 22.7 Å². The van der Waals surface area contributed by atoms with Gasteiger partial charge in [-0.15, -0.1) is 0 Å². The van der Waals surface area contributed by atoms with Crippen molar-refractivity contribution in [3.8, 4) is 5.75 Å². The Bertz CT molecular complexity index is 1520. The lowest BCUT2D eigenvalue weighted by molar-refractivity contribution is -0.0620. The second-order valence-electron chi connectivity index (χ2n) is 15.6. The van der Waals surface area contributed by atoms with E-state index in [0.29, 0.717) is 42.6 Å². The van der Waals surface area contributed by atoms with Crippen LogP contribution in [0.5, 0.6) is 5.75 Å². The van der Waals surface area contributed by atoms with E-state index in [9.17, 15) is 4.79 Å². The van der Waals surface area contributed by atoms with Gasteiger partial charge in [-0.05, 0) is 104 Å². The Morgan fingerprint density at radius 1 is 1.07 bits per heavy atom. The van der Waals surface area contributed by atoms with Crippen molar-refractivity contribution < 1.29 is 23.7 Å². The summed E-state index contributed by atoms with van der Waals surface area (Å²) >= 11 is 7.89. The average Bonchev–Trinajstić information content (AvgIpc) is 3.37. The van der Waals surface area contributed by atoms with Gasteiger partial charge in [-0.3, -0.25) is 14.4 Å². The van der Waals surface area contributed by atoms with Crippen LogP contribution in [-0.4, -0.2) is 108 Å². The molecule has 0 spiro atoms. The third-order valence-corrected chi connectivity index (χ3v) is 13.5. The molecule has 2 aromatic rings. The van der Waals surface area contributed by atoms with E-state index in [1.807, 2.05) is 45.2 Å². The molecule has 7 rings (SSSR count). The average molecular weight is 800 g/mol. The monoisotopic (exact) mass is 798 g/mol. The van der Waals surface area contributed by atoms with Crippen LogP contribution in [-0.2, 0) is 20.6 Å². The molecule has 6 unspecified atom stereocenters. The second-order valence-corrected chi connectivity index (χ2v) is 17.1. The van der Waals surface area contributed by atoms with Crippen LogP contribution in [0.2, 0.25) is 5.02 Å². The molecule has 306 valence electrons. The highest BCUT2D eigenvalue weighted by molar-refractivity contribution is 7.98. The van der Waals surface area contributed by atoms with Gasteiger partial charge in [-0.2, -0.15) is 0 Å². The Morgan fingerprint density at radius 2 is 1.91 bits per heavy atom. The predicted molar refractivity (Wildman–Crippen MR) is 228 cm³/mol. The van der Waals surface area contributed by atoms with E-state index in [2.05, 4.69) is 64.9 Å². The molecule has 1 saturated carbocycles. The van der Waals surface area contributed by atoms with Gasteiger partial charge in [0.2, 0.25) is 0 Å². The van der Waals surface area contributed by atoms with Crippen LogP contribution in [0.3, 0.4) is 0 Å². The number of allylic oxidation sites excluding steroid dienone is 1. The van der Waals surface area contributed by atoms with Crippen LogP contribution < -0.4 is 19.7 Å². The molecule has 1 aliphatic carbocycles. The molecule has 2 N–H and O–H groups in total. The van der Waals surface area contributed by atoms with Crippen LogP contribution in [0, 0.1) is 17.8 Å². The number of anilines is 1. The third kappa shape index (κ3) is 11.2. The summed E-state index contributed by atoms with van der Waals surface area (Å²) in [7, 11) is 3.56. The quantitative estimate of drug-likeness (QED) is 0.223. The van der Waals surface area contributed by atoms with E-state index >= 15 is 0 Å². The molecule has 2 bridgehead atoms. The Kier molecular flexibility index (Phi) is 17.1. The first-order valence-corrected chi connectivity index (χ1v) is 22.0. The normalized spacial score (nSPS) is 30.3. The molecule has 9 nitrogen and oxygen atoms in total. The summed E-state index contributed by atoms with van der Waals surface area (Å²) in [6.07, 6.45) is 9.76. The Morgan fingerprint density at radius 3 is 2.64 bits per heavy atom. The molecule has 4 aliphatic heterocycles. The zero-order valence-corrected chi connectivity index (χ0v) is 36.0. The third-order valence-electron chi connectivity index (χ3n) is 12.1. The van der Waals surface area contributed by atoms with Gasteiger partial charge in [0.25, 0.3) is 5.91 Å². The van der Waals surface area contributed by atoms with E-state index in [0.717, 1.165) is 94.5 Å². The smallest absolute Gasteiger partial charge is 0.261 e. The van der Waals surface area contributed by atoms with Crippen molar-refractivity contribution in [2.75, 3.05) is 84.8 Å². The highest BCUT2D eigenvalue weighted by Gasteiger charge is 2.45. The van der Waals surface area contributed by atoms with Gasteiger partial charge < -0.3 is 29.2 Å². The zero-order chi connectivity index (χ0) is 39.4. The fourth-order valence-electron chi connectivity index (χ4n) is 8.62. The molecule has 7 atom stereocenters. The van der Waals surface area contributed by atoms with Gasteiger partial charge in [-0.25, -0.2) is 0 Å². The molecular formula is C44H67ClN4O5S. The number of halogens is 1. The fraction of sp³-hybridized carbons (Fsp3) is 0.659. The Labute approximate surface area is 340 Å². The van der Waals surface area contributed by atoms with E-state index in [1.54, 1.807) is 7.11 Å². The zero-order valence-electron chi connectivity index (χ0n) is 34.4. The van der Waals surface area contributed by atoms with Crippen LogP contribution in [0.15, 0.2) is 48.6 Å². The number of fused-ring (bicyclic) bond motifs is 3. The number of morpholine rings is 1. The SMILES string of the molecule is C1CN2CCOCC2CN1.CC.CCCc1cc(Cl)ccc1C1COc2ccc3cc2N(C1)CC1CCC1[C@@](C)(OC)/C=C/CC(C)C(COC)SNC3=O. The number of piperazine rings is 1. The Balaban J connectivity index is 0.000000411. The number of hydrogen-bond donors (Lipinski definition) is 2. The van der Waals surface area contributed by atoms with Crippen molar-refractivity contribution in [1.82, 2.24) is 14.9 Å². The maximum absolute atomic E-state index is 13.4. The molecule has 3 fully saturated rings. The summed E-state index contributed by atoms with van der Waals surface area (Å²) in [5, 5.41) is 4.26. The topological polar surface area (TPSA) is 84.5 Å². The van der Waals surface area contributed by atoms with Crippen LogP contribution in [0.25, 0.3) is 0 Å². The van der Waals surface area contributed by atoms with Crippen molar-refractivity contribution in [3.63, 3.8) is 0 Å². The number of carbonyl (C=O) groups is 1. The first kappa shape index (κ1) is 43.8. The minimum absolute atomic E-state index is 0.0964. The maximum Gasteiger partial charge on any atom is 0.261 e. The molecule has 5 aliphatic rings. The van der Waals surface area contributed by atoms with Gasteiger partial charge in [0.15, 0.2) is 0 Å². The minimum atomic E-state index is -0.339. The standard InChI is InChI=1S/C35H47ClN2O4S.C7H14N2O.C2H6/c1-6-8-24-17-28(36)12-13-29(24)27-20-38-19-26-10-14-30(26)35(3,41-5)16-7-9-23(2)33(22-40-4)43-37-34(39)25-11-15-32(42-21-27)31(38)18-25;1-2-9-3-4-10-6-7(9)5-8-1;1-2/h7,11-13,15-18,23,26-27,30,33H,6,8-10,14,19-22H2,1-5H3,(H,37,39);7-8H,1-6H2;1-2H3/b16-7+;;/t23?,26?,27?,30?,33?,35-;;/m0../s1. The number of carbonyl (C=O) groups excluding carboxylic acids is 1. The molecule has 55 heavy (non-hydrogen) atoms. The molecule has 2 saturated heterocycles. The molecule has 11 heteroatoms. The molecule has 1 amide bonds. The summed E-state index contributed by atoms with van der Waals surface area (Å²) in [6, 6.07) is 12.8. The van der Waals surface area contributed by atoms with Gasteiger partial charge in [0, 0.05) is 76.0 Å².